The maximum Gasteiger partial charge on any atom is 0.0130 e. The Balaban J connectivity index is 1.14. The zero-order valence-electron chi connectivity index (χ0n) is 21.9. The number of nitrogens with one attached hydrogen (secondary N) is 2. The molecule has 5 aliphatic rings. The van der Waals surface area contributed by atoms with E-state index in [2.05, 4.69) is 38.3 Å². The van der Waals surface area contributed by atoms with Crippen molar-refractivity contribution in [2.75, 3.05) is 0 Å². The van der Waals surface area contributed by atoms with Gasteiger partial charge in [0.1, 0.15) is 0 Å². The van der Waals surface area contributed by atoms with Gasteiger partial charge in [0.15, 0.2) is 0 Å². The molecule has 32 heavy (non-hydrogen) atoms. The van der Waals surface area contributed by atoms with E-state index < -0.39 is 0 Å². The second-order valence-electron chi connectivity index (χ2n) is 14.5. The number of hydrogen-bond donors (Lipinski definition) is 2. The molecule has 0 aromatic carbocycles. The third kappa shape index (κ3) is 5.42. The first kappa shape index (κ1) is 23.7. The molecule has 2 N–H and O–H groups in total. The third-order valence-electron chi connectivity index (χ3n) is 10.8. The number of rotatable bonds is 4. The van der Waals surface area contributed by atoms with Gasteiger partial charge < -0.3 is 10.6 Å². The fourth-order valence-corrected chi connectivity index (χ4v) is 9.62. The zero-order chi connectivity index (χ0) is 22.3. The van der Waals surface area contributed by atoms with Gasteiger partial charge in [0, 0.05) is 23.2 Å². The van der Waals surface area contributed by atoms with E-state index in [-0.39, 0.29) is 0 Å². The normalized spacial score (nSPS) is 46.1. The van der Waals surface area contributed by atoms with E-state index in [0.29, 0.717) is 11.1 Å². The minimum absolute atomic E-state index is 0.360. The van der Waals surface area contributed by atoms with Gasteiger partial charge in [-0.1, -0.05) is 51.4 Å². The predicted octanol–water partition coefficient (Wildman–Crippen LogP) is 7.47. The molecule has 2 heterocycles. The van der Waals surface area contributed by atoms with E-state index >= 15 is 0 Å². The van der Waals surface area contributed by atoms with E-state index in [1.165, 1.54) is 89.9 Å². The highest BCUT2D eigenvalue weighted by Crippen LogP contribution is 2.47. The number of hydrogen-bond acceptors (Lipinski definition) is 2. The number of fused-ring (bicyclic) bond motifs is 2. The summed E-state index contributed by atoms with van der Waals surface area (Å²) < 4.78 is 0. The molecule has 0 bridgehead atoms. The summed E-state index contributed by atoms with van der Waals surface area (Å²) in [7, 11) is 0. The molecule has 2 saturated heterocycles. The summed E-state index contributed by atoms with van der Waals surface area (Å²) in [5, 5.41) is 8.08. The van der Waals surface area contributed by atoms with Gasteiger partial charge >= 0.3 is 0 Å². The molecule has 2 nitrogen and oxygen atoms in total. The molecule has 6 unspecified atom stereocenters. The fourth-order valence-electron chi connectivity index (χ4n) is 9.62. The molecule has 0 aromatic heterocycles. The maximum absolute atomic E-state index is 4.04. The van der Waals surface area contributed by atoms with E-state index in [0.717, 1.165) is 47.6 Å². The molecular weight excluding hydrogens is 388 g/mol. The third-order valence-corrected chi connectivity index (χ3v) is 10.8. The predicted molar refractivity (Wildman–Crippen MR) is 137 cm³/mol. The lowest BCUT2D eigenvalue weighted by Gasteiger charge is -2.51. The van der Waals surface area contributed by atoms with Crippen molar-refractivity contribution in [1.82, 2.24) is 10.6 Å². The van der Waals surface area contributed by atoms with Gasteiger partial charge in [-0.25, -0.2) is 0 Å². The molecule has 184 valence electrons. The minimum Gasteiger partial charge on any atom is -0.309 e. The molecule has 5 rings (SSSR count). The molecule has 0 amide bonds. The molecular formula is C30H54N2. The van der Waals surface area contributed by atoms with E-state index in [4.69, 9.17) is 0 Å². The van der Waals surface area contributed by atoms with Crippen molar-refractivity contribution < 1.29 is 0 Å². The zero-order valence-corrected chi connectivity index (χ0v) is 21.9. The maximum atomic E-state index is 4.04. The van der Waals surface area contributed by atoms with Crippen LogP contribution in [0.3, 0.4) is 0 Å². The van der Waals surface area contributed by atoms with Crippen molar-refractivity contribution in [2.24, 2.45) is 35.5 Å². The summed E-state index contributed by atoms with van der Waals surface area (Å²) in [6.45, 7) is 9.89. The van der Waals surface area contributed by atoms with E-state index in [9.17, 15) is 0 Å². The largest absolute Gasteiger partial charge is 0.309 e. The summed E-state index contributed by atoms with van der Waals surface area (Å²) in [5.41, 5.74) is 0.720. The first-order valence-electron chi connectivity index (χ1n) is 14.8. The summed E-state index contributed by atoms with van der Waals surface area (Å²) in [5.74, 6) is 6.00. The van der Waals surface area contributed by atoms with Gasteiger partial charge in [-0.15, -0.1) is 0 Å². The summed E-state index contributed by atoms with van der Waals surface area (Å²) >= 11 is 0. The van der Waals surface area contributed by atoms with Crippen LogP contribution in [0.1, 0.15) is 130 Å². The summed E-state index contributed by atoms with van der Waals surface area (Å²) in [6.07, 6.45) is 23.8. The summed E-state index contributed by atoms with van der Waals surface area (Å²) in [6, 6.07) is 1.64. The topological polar surface area (TPSA) is 24.1 Å². The van der Waals surface area contributed by atoms with Crippen LogP contribution in [0.2, 0.25) is 0 Å². The fraction of sp³-hybridized carbons (Fsp3) is 1.00. The smallest absolute Gasteiger partial charge is 0.0130 e. The number of piperidine rings is 2. The van der Waals surface area contributed by atoms with Crippen LogP contribution in [0.5, 0.6) is 0 Å². The second-order valence-corrected chi connectivity index (χ2v) is 14.5. The lowest BCUT2D eigenvalue weighted by Crippen LogP contribution is -2.58. The van der Waals surface area contributed by atoms with Crippen LogP contribution in [-0.2, 0) is 0 Å². The first-order valence-corrected chi connectivity index (χ1v) is 14.8. The van der Waals surface area contributed by atoms with Crippen LogP contribution in [-0.4, -0.2) is 23.2 Å². The lowest BCUT2D eigenvalue weighted by atomic mass is 9.62. The standard InChI is InChI=1S/C30H54N2/c1-29(2)19-23(25-9-5-7-11-27(25)31-29)17-21-13-15-22(16-14-21)18-24-20-30(3,4)32-28-12-8-6-10-26(24)28/h21-28,31-32H,5-20H2,1-4H3. The molecule has 3 saturated carbocycles. The summed E-state index contributed by atoms with van der Waals surface area (Å²) in [4.78, 5) is 0. The Morgan fingerprint density at radius 2 is 0.906 bits per heavy atom. The van der Waals surface area contributed by atoms with Crippen LogP contribution in [0.25, 0.3) is 0 Å². The Labute approximate surface area is 199 Å². The highest BCUT2D eigenvalue weighted by atomic mass is 15.0. The van der Waals surface area contributed by atoms with Crippen LogP contribution < -0.4 is 10.6 Å². The van der Waals surface area contributed by atoms with Crippen LogP contribution in [0.15, 0.2) is 0 Å². The van der Waals surface area contributed by atoms with Gasteiger partial charge in [0.25, 0.3) is 0 Å². The molecule has 0 aromatic rings. The average Bonchev–Trinajstić information content (AvgIpc) is 2.73. The molecule has 2 aliphatic heterocycles. The van der Waals surface area contributed by atoms with Gasteiger partial charge in [-0.2, -0.15) is 0 Å². The first-order chi connectivity index (χ1) is 15.3. The Morgan fingerprint density at radius 1 is 0.531 bits per heavy atom. The van der Waals surface area contributed by atoms with Crippen molar-refractivity contribution in [3.8, 4) is 0 Å². The Hall–Kier alpha value is -0.0800. The van der Waals surface area contributed by atoms with Gasteiger partial charge in [-0.05, 0) is 115 Å². The Morgan fingerprint density at radius 3 is 1.31 bits per heavy atom. The monoisotopic (exact) mass is 442 g/mol. The lowest BCUT2D eigenvalue weighted by molar-refractivity contribution is 0.0417. The Kier molecular flexibility index (Phi) is 7.04. The van der Waals surface area contributed by atoms with E-state index in [1.54, 1.807) is 12.8 Å². The molecule has 2 heteroatoms. The molecule has 3 aliphatic carbocycles. The molecule has 0 spiro atoms. The minimum atomic E-state index is 0.360. The van der Waals surface area contributed by atoms with Crippen molar-refractivity contribution in [2.45, 2.75) is 154 Å². The van der Waals surface area contributed by atoms with Crippen LogP contribution in [0, 0.1) is 35.5 Å². The molecule has 6 atom stereocenters. The van der Waals surface area contributed by atoms with Crippen molar-refractivity contribution in [3.63, 3.8) is 0 Å². The van der Waals surface area contributed by atoms with Crippen molar-refractivity contribution in [1.29, 1.82) is 0 Å². The van der Waals surface area contributed by atoms with Gasteiger partial charge in [0.2, 0.25) is 0 Å². The van der Waals surface area contributed by atoms with Crippen molar-refractivity contribution >= 4 is 0 Å². The van der Waals surface area contributed by atoms with Crippen molar-refractivity contribution in [3.05, 3.63) is 0 Å². The van der Waals surface area contributed by atoms with Gasteiger partial charge in [-0.3, -0.25) is 0 Å². The highest BCUT2D eigenvalue weighted by molar-refractivity contribution is 5.00. The quantitative estimate of drug-likeness (QED) is 0.472. The molecule has 5 fully saturated rings. The highest BCUT2D eigenvalue weighted by Gasteiger charge is 2.44. The molecule has 0 radical (unpaired) electrons. The van der Waals surface area contributed by atoms with Crippen LogP contribution in [0.4, 0.5) is 0 Å². The van der Waals surface area contributed by atoms with Crippen LogP contribution >= 0.6 is 0 Å². The second kappa shape index (κ2) is 9.52. The SMILES string of the molecule is CC1(C)CC(CC2CCC(CC3CC(C)(C)NC4CCCCC34)CC2)C2CCCCC2N1. The van der Waals surface area contributed by atoms with E-state index in [1.807, 2.05) is 0 Å². The Bertz CT molecular complexity index is 562. The average molecular weight is 443 g/mol. The van der Waals surface area contributed by atoms with Gasteiger partial charge in [0.05, 0.1) is 0 Å².